The number of aromatic hydroxyl groups is 1. The summed E-state index contributed by atoms with van der Waals surface area (Å²) in [4.78, 5) is 13.6. The molecule has 0 unspecified atom stereocenters. The molecular weight excluding hydrogens is 295 g/mol. The summed E-state index contributed by atoms with van der Waals surface area (Å²) in [5, 5.41) is 9.69. The van der Waals surface area contributed by atoms with Crippen molar-refractivity contribution in [2.24, 2.45) is 0 Å². The topological polar surface area (TPSA) is 66.6 Å². The van der Waals surface area contributed by atoms with Crippen molar-refractivity contribution in [1.82, 2.24) is 4.90 Å². The van der Waals surface area contributed by atoms with Gasteiger partial charge in [-0.3, -0.25) is 4.79 Å². The predicted molar refractivity (Wildman–Crippen MR) is 79.7 cm³/mol. The van der Waals surface area contributed by atoms with E-state index in [1.165, 1.54) is 42.3 Å². The number of phenolic OH excluding ortho intramolecular Hbond substituents is 1. The Morgan fingerprint density at radius 2 is 2.10 bits per heavy atom. The van der Waals surface area contributed by atoms with Gasteiger partial charge >= 0.3 is 0 Å². The van der Waals surface area contributed by atoms with Crippen molar-refractivity contribution < 1.29 is 14.3 Å². The van der Waals surface area contributed by atoms with Gasteiger partial charge in [-0.25, -0.2) is 4.39 Å². The van der Waals surface area contributed by atoms with E-state index in [-0.39, 0.29) is 34.1 Å². The Kier molecular flexibility index (Phi) is 4.33. The van der Waals surface area contributed by atoms with Crippen LogP contribution in [0.25, 0.3) is 0 Å². The highest BCUT2D eigenvalue weighted by atomic mass is 35.5. The lowest BCUT2D eigenvalue weighted by Crippen LogP contribution is -2.27. The van der Waals surface area contributed by atoms with Crippen molar-refractivity contribution in [3.8, 4) is 5.75 Å². The van der Waals surface area contributed by atoms with Crippen molar-refractivity contribution in [3.05, 3.63) is 58.4 Å². The summed E-state index contributed by atoms with van der Waals surface area (Å²) in [5.41, 5.74) is 6.35. The molecule has 4 nitrogen and oxygen atoms in total. The summed E-state index contributed by atoms with van der Waals surface area (Å²) in [6.07, 6.45) is 0. The zero-order valence-electron chi connectivity index (χ0n) is 11.3. The molecule has 6 heteroatoms. The standard InChI is InChI=1S/C15H14ClFN2O2/c1-19(8-11-12(16)3-2-4-13(11)17)15(21)10-7-9(20)5-6-14(10)18/h2-7,20H,8,18H2,1H3. The van der Waals surface area contributed by atoms with E-state index in [1.807, 2.05) is 0 Å². The molecule has 3 N–H and O–H groups in total. The highest BCUT2D eigenvalue weighted by Gasteiger charge is 2.18. The van der Waals surface area contributed by atoms with Gasteiger partial charge in [-0.05, 0) is 30.3 Å². The number of hydrogen-bond donors (Lipinski definition) is 2. The molecule has 0 saturated heterocycles. The Hall–Kier alpha value is -2.27. The molecule has 0 saturated carbocycles. The molecule has 0 heterocycles. The van der Waals surface area contributed by atoms with Crippen LogP contribution in [0.2, 0.25) is 5.02 Å². The Morgan fingerprint density at radius 1 is 1.38 bits per heavy atom. The fourth-order valence-electron chi connectivity index (χ4n) is 1.93. The molecule has 0 bridgehead atoms. The molecular formula is C15H14ClFN2O2. The summed E-state index contributed by atoms with van der Waals surface area (Å²) in [6, 6.07) is 8.43. The van der Waals surface area contributed by atoms with Crippen LogP contribution in [0.4, 0.5) is 10.1 Å². The minimum atomic E-state index is -0.481. The number of halogens is 2. The van der Waals surface area contributed by atoms with Crippen LogP contribution in [0, 0.1) is 5.82 Å². The molecule has 0 aliphatic carbocycles. The van der Waals surface area contributed by atoms with Gasteiger partial charge < -0.3 is 15.7 Å². The highest BCUT2D eigenvalue weighted by molar-refractivity contribution is 6.31. The van der Waals surface area contributed by atoms with E-state index < -0.39 is 11.7 Å². The number of nitrogens with two attached hydrogens (primary N) is 1. The number of phenols is 1. The molecule has 2 rings (SSSR count). The van der Waals surface area contributed by atoms with Crippen LogP contribution in [0.5, 0.6) is 5.75 Å². The number of nitrogens with zero attached hydrogens (tertiary/aromatic N) is 1. The average Bonchev–Trinajstić information content (AvgIpc) is 2.44. The number of anilines is 1. The molecule has 0 fully saturated rings. The molecule has 21 heavy (non-hydrogen) atoms. The fourth-order valence-corrected chi connectivity index (χ4v) is 2.15. The van der Waals surface area contributed by atoms with Gasteiger partial charge in [0.1, 0.15) is 11.6 Å². The minimum absolute atomic E-state index is 0.000559. The van der Waals surface area contributed by atoms with E-state index in [2.05, 4.69) is 0 Å². The van der Waals surface area contributed by atoms with Crippen LogP contribution < -0.4 is 5.73 Å². The van der Waals surface area contributed by atoms with Gasteiger partial charge in [0.2, 0.25) is 0 Å². The van der Waals surface area contributed by atoms with Crippen LogP contribution in [-0.2, 0) is 6.54 Å². The monoisotopic (exact) mass is 308 g/mol. The number of nitrogen functional groups attached to an aromatic ring is 1. The van der Waals surface area contributed by atoms with Crippen LogP contribution in [0.15, 0.2) is 36.4 Å². The van der Waals surface area contributed by atoms with E-state index in [1.54, 1.807) is 6.07 Å². The smallest absolute Gasteiger partial charge is 0.256 e. The molecule has 0 radical (unpaired) electrons. The molecule has 110 valence electrons. The molecule has 1 amide bonds. The maximum Gasteiger partial charge on any atom is 0.256 e. The summed E-state index contributed by atoms with van der Waals surface area (Å²) in [5.74, 6) is -0.973. The fraction of sp³-hybridized carbons (Fsp3) is 0.133. The van der Waals surface area contributed by atoms with Crippen LogP contribution >= 0.6 is 11.6 Å². The third kappa shape index (κ3) is 3.25. The Bertz CT molecular complexity index is 671. The number of benzene rings is 2. The van der Waals surface area contributed by atoms with Crippen molar-refractivity contribution in [2.45, 2.75) is 6.54 Å². The summed E-state index contributed by atoms with van der Waals surface area (Å²) in [6.45, 7) is -0.000559. The van der Waals surface area contributed by atoms with Crippen LogP contribution in [0.3, 0.4) is 0 Å². The quantitative estimate of drug-likeness (QED) is 0.676. The lowest BCUT2D eigenvalue weighted by molar-refractivity contribution is 0.0784. The zero-order valence-corrected chi connectivity index (χ0v) is 12.1. The predicted octanol–water partition coefficient (Wildman–Crippen LogP) is 3.04. The lowest BCUT2D eigenvalue weighted by Gasteiger charge is -2.19. The number of carbonyl (C=O) groups excluding carboxylic acids is 1. The highest BCUT2D eigenvalue weighted by Crippen LogP contribution is 2.23. The SMILES string of the molecule is CN(Cc1c(F)cccc1Cl)C(=O)c1cc(O)ccc1N. The molecule has 0 aliphatic rings. The van der Waals surface area contributed by atoms with Gasteiger partial charge in [0.05, 0.1) is 5.56 Å². The van der Waals surface area contributed by atoms with Gasteiger partial charge in [-0.15, -0.1) is 0 Å². The van der Waals surface area contributed by atoms with E-state index in [0.717, 1.165) is 0 Å². The molecule has 0 spiro atoms. The van der Waals surface area contributed by atoms with E-state index in [9.17, 15) is 14.3 Å². The first-order chi connectivity index (χ1) is 9.90. The second-order valence-electron chi connectivity index (χ2n) is 4.63. The summed E-state index contributed by atoms with van der Waals surface area (Å²) >= 11 is 5.94. The zero-order chi connectivity index (χ0) is 15.6. The van der Waals surface area contributed by atoms with Gasteiger partial charge in [0, 0.05) is 29.9 Å². The molecule has 0 atom stereocenters. The first-order valence-electron chi connectivity index (χ1n) is 6.17. The Balaban J connectivity index is 2.26. The first-order valence-corrected chi connectivity index (χ1v) is 6.54. The third-order valence-corrected chi connectivity index (χ3v) is 3.43. The van der Waals surface area contributed by atoms with Gasteiger partial charge in [0.15, 0.2) is 0 Å². The lowest BCUT2D eigenvalue weighted by atomic mass is 10.1. The normalized spacial score (nSPS) is 10.4. The number of amides is 1. The van der Waals surface area contributed by atoms with Crippen molar-refractivity contribution >= 4 is 23.2 Å². The average molecular weight is 309 g/mol. The van der Waals surface area contributed by atoms with Gasteiger partial charge in [-0.2, -0.15) is 0 Å². The van der Waals surface area contributed by atoms with Crippen molar-refractivity contribution in [2.75, 3.05) is 12.8 Å². The maximum absolute atomic E-state index is 13.7. The van der Waals surface area contributed by atoms with Crippen LogP contribution in [0.1, 0.15) is 15.9 Å². The summed E-state index contributed by atoms with van der Waals surface area (Å²) in [7, 11) is 1.51. The third-order valence-electron chi connectivity index (χ3n) is 3.07. The number of rotatable bonds is 3. The Morgan fingerprint density at radius 3 is 2.76 bits per heavy atom. The van der Waals surface area contributed by atoms with E-state index in [4.69, 9.17) is 17.3 Å². The summed E-state index contributed by atoms with van der Waals surface area (Å²) < 4.78 is 13.7. The van der Waals surface area contributed by atoms with E-state index >= 15 is 0 Å². The molecule has 0 aliphatic heterocycles. The Labute approximate surface area is 126 Å². The van der Waals surface area contributed by atoms with Gasteiger partial charge in [-0.1, -0.05) is 17.7 Å². The van der Waals surface area contributed by atoms with Gasteiger partial charge in [0.25, 0.3) is 5.91 Å². The minimum Gasteiger partial charge on any atom is -0.508 e. The molecule has 0 aromatic heterocycles. The second-order valence-corrected chi connectivity index (χ2v) is 5.04. The molecule has 2 aromatic carbocycles. The molecule has 2 aromatic rings. The number of hydrogen-bond acceptors (Lipinski definition) is 3. The first kappa shape index (κ1) is 15.1. The largest absolute Gasteiger partial charge is 0.508 e. The second kappa shape index (κ2) is 6.01. The number of carbonyl (C=O) groups is 1. The maximum atomic E-state index is 13.7. The van der Waals surface area contributed by atoms with Crippen molar-refractivity contribution in [3.63, 3.8) is 0 Å². The van der Waals surface area contributed by atoms with Crippen molar-refractivity contribution in [1.29, 1.82) is 0 Å². The van der Waals surface area contributed by atoms with E-state index in [0.29, 0.717) is 0 Å². The van der Waals surface area contributed by atoms with Crippen LogP contribution in [-0.4, -0.2) is 23.0 Å².